The van der Waals surface area contributed by atoms with Crippen LogP contribution in [-0.2, 0) is 23.8 Å². The van der Waals surface area contributed by atoms with Crippen molar-refractivity contribution in [2.75, 3.05) is 11.8 Å². The van der Waals surface area contributed by atoms with E-state index in [4.69, 9.17) is 20.9 Å². The quantitative estimate of drug-likeness (QED) is 0.289. The molecular formula is C22H18ClNO10S2. The highest BCUT2D eigenvalue weighted by atomic mass is 35.7. The summed E-state index contributed by atoms with van der Waals surface area (Å²) < 4.78 is 53.0. The Hall–Kier alpha value is -3.94. The van der Waals surface area contributed by atoms with Crippen molar-refractivity contribution >= 4 is 53.4 Å². The van der Waals surface area contributed by atoms with Gasteiger partial charge in [0, 0.05) is 10.7 Å². The number of aromatic carboxylic acids is 2. The normalized spacial score (nSPS) is 10.9. The highest BCUT2D eigenvalue weighted by Gasteiger charge is 2.19. The summed E-state index contributed by atoms with van der Waals surface area (Å²) >= 11 is 0. The van der Waals surface area contributed by atoms with E-state index in [2.05, 4.69) is 9.46 Å². The van der Waals surface area contributed by atoms with Gasteiger partial charge in [-0.25, -0.2) is 31.2 Å². The molecule has 0 heterocycles. The number of ether oxygens (including phenoxy) is 1. The Balaban J connectivity index is 0.000000297. The van der Waals surface area contributed by atoms with E-state index in [-0.39, 0.29) is 32.2 Å². The molecule has 0 radical (unpaired) electrons. The van der Waals surface area contributed by atoms with Crippen LogP contribution in [0.15, 0.2) is 82.6 Å². The van der Waals surface area contributed by atoms with Crippen LogP contribution >= 0.6 is 10.7 Å². The number of carbonyl (C=O) groups excluding carboxylic acids is 1. The average Bonchev–Trinajstić information content (AvgIpc) is 2.83. The number of halogens is 1. The summed E-state index contributed by atoms with van der Waals surface area (Å²) in [6.07, 6.45) is 0. The van der Waals surface area contributed by atoms with Gasteiger partial charge in [-0.1, -0.05) is 12.1 Å². The third kappa shape index (κ3) is 7.53. The van der Waals surface area contributed by atoms with Crippen molar-refractivity contribution in [1.82, 2.24) is 0 Å². The van der Waals surface area contributed by atoms with Crippen LogP contribution < -0.4 is 4.72 Å². The zero-order valence-electron chi connectivity index (χ0n) is 18.3. The zero-order valence-corrected chi connectivity index (χ0v) is 20.7. The first-order valence-electron chi connectivity index (χ1n) is 9.58. The molecule has 0 amide bonds. The number of carbonyl (C=O) groups is 3. The summed E-state index contributed by atoms with van der Waals surface area (Å²) in [7, 11) is -1.53. The van der Waals surface area contributed by atoms with Crippen molar-refractivity contribution in [3.63, 3.8) is 0 Å². The average molecular weight is 556 g/mol. The molecule has 0 bridgehead atoms. The summed E-state index contributed by atoms with van der Waals surface area (Å²) in [5, 5.41) is 17.3. The van der Waals surface area contributed by atoms with Crippen molar-refractivity contribution in [2.24, 2.45) is 0 Å². The zero-order chi connectivity index (χ0) is 27.1. The standard InChI is InChI=1S/C15H13NO6S.C7H5ClO4S/c1-22-15(19)12-4-2-3-5-13(12)16-23(20,21)11-8-6-10(7-9-11)14(17)18;8-13(11,12)6-3-1-5(2-4-6)7(9)10/h2-9,16H,1H3,(H,17,18);1-4H,(H,9,10). The molecule has 3 N–H and O–H groups in total. The lowest BCUT2D eigenvalue weighted by Gasteiger charge is -2.11. The van der Waals surface area contributed by atoms with Gasteiger partial charge in [-0.05, 0) is 60.7 Å². The van der Waals surface area contributed by atoms with Gasteiger partial charge in [0.1, 0.15) is 0 Å². The Morgan fingerprint density at radius 3 is 1.61 bits per heavy atom. The van der Waals surface area contributed by atoms with Gasteiger partial charge < -0.3 is 14.9 Å². The molecule has 14 heteroatoms. The highest BCUT2D eigenvalue weighted by Crippen LogP contribution is 2.21. The minimum absolute atomic E-state index is 0.0177. The van der Waals surface area contributed by atoms with Crippen LogP contribution in [0.2, 0.25) is 0 Å². The minimum Gasteiger partial charge on any atom is -0.478 e. The minimum atomic E-state index is -3.97. The van der Waals surface area contributed by atoms with Gasteiger partial charge in [-0.15, -0.1) is 0 Å². The number of benzene rings is 3. The molecule has 0 aliphatic carbocycles. The fourth-order valence-corrected chi connectivity index (χ4v) is 4.45. The Morgan fingerprint density at radius 1 is 0.750 bits per heavy atom. The summed E-state index contributed by atoms with van der Waals surface area (Å²) in [6.45, 7) is 0. The molecule has 0 saturated heterocycles. The lowest BCUT2D eigenvalue weighted by molar-refractivity contribution is 0.0600. The molecule has 190 valence electrons. The van der Waals surface area contributed by atoms with E-state index < -0.39 is 37.0 Å². The monoisotopic (exact) mass is 555 g/mol. The Labute approximate surface area is 210 Å². The maximum absolute atomic E-state index is 12.3. The third-order valence-corrected chi connectivity index (χ3v) is 7.12. The van der Waals surface area contributed by atoms with E-state index >= 15 is 0 Å². The van der Waals surface area contributed by atoms with Gasteiger partial charge in [0.15, 0.2) is 0 Å². The number of sulfonamides is 1. The molecule has 0 spiro atoms. The van der Waals surface area contributed by atoms with E-state index in [0.717, 1.165) is 12.1 Å². The summed E-state index contributed by atoms with van der Waals surface area (Å²) in [4.78, 5) is 32.6. The summed E-state index contributed by atoms with van der Waals surface area (Å²) in [6, 6.07) is 15.4. The molecule has 0 aromatic heterocycles. The second-order valence-electron chi connectivity index (χ2n) is 6.74. The fourth-order valence-electron chi connectivity index (χ4n) is 2.60. The van der Waals surface area contributed by atoms with Crippen molar-refractivity contribution in [2.45, 2.75) is 9.79 Å². The molecule has 36 heavy (non-hydrogen) atoms. The van der Waals surface area contributed by atoms with E-state index in [9.17, 15) is 31.2 Å². The van der Waals surface area contributed by atoms with Crippen molar-refractivity contribution < 1.29 is 46.2 Å². The van der Waals surface area contributed by atoms with Gasteiger partial charge in [-0.3, -0.25) is 4.72 Å². The number of methoxy groups -OCH3 is 1. The third-order valence-electron chi connectivity index (χ3n) is 4.37. The smallest absolute Gasteiger partial charge is 0.339 e. The first-order chi connectivity index (χ1) is 16.8. The predicted molar refractivity (Wildman–Crippen MR) is 128 cm³/mol. The molecule has 0 fully saturated rings. The second kappa shape index (κ2) is 11.7. The van der Waals surface area contributed by atoms with Gasteiger partial charge in [-0.2, -0.15) is 0 Å². The van der Waals surface area contributed by atoms with Crippen molar-refractivity contribution in [1.29, 1.82) is 0 Å². The van der Waals surface area contributed by atoms with Gasteiger partial charge in [0.25, 0.3) is 19.1 Å². The Bertz CT molecular complexity index is 1480. The van der Waals surface area contributed by atoms with Crippen LogP contribution in [0.4, 0.5) is 5.69 Å². The first kappa shape index (κ1) is 28.3. The van der Waals surface area contributed by atoms with Crippen LogP contribution in [-0.4, -0.2) is 52.1 Å². The molecule has 0 aliphatic rings. The lowest BCUT2D eigenvalue weighted by Crippen LogP contribution is -2.16. The second-order valence-corrected chi connectivity index (χ2v) is 11.0. The van der Waals surface area contributed by atoms with E-state index in [1.807, 2.05) is 0 Å². The number of anilines is 1. The van der Waals surface area contributed by atoms with Crippen LogP contribution in [0.1, 0.15) is 31.1 Å². The van der Waals surface area contributed by atoms with Crippen LogP contribution in [0.5, 0.6) is 0 Å². The highest BCUT2D eigenvalue weighted by molar-refractivity contribution is 8.13. The van der Waals surface area contributed by atoms with Crippen LogP contribution in [0, 0.1) is 0 Å². The number of para-hydroxylation sites is 1. The van der Waals surface area contributed by atoms with Crippen LogP contribution in [0.25, 0.3) is 0 Å². The largest absolute Gasteiger partial charge is 0.478 e. The molecular weight excluding hydrogens is 538 g/mol. The number of carboxylic acid groups (broad SMARTS) is 2. The number of hydrogen-bond acceptors (Lipinski definition) is 8. The van der Waals surface area contributed by atoms with Gasteiger partial charge in [0.2, 0.25) is 0 Å². The predicted octanol–water partition coefficient (Wildman–Crippen LogP) is 3.28. The van der Waals surface area contributed by atoms with E-state index in [1.165, 1.54) is 55.6 Å². The molecule has 0 aliphatic heterocycles. The molecule has 11 nitrogen and oxygen atoms in total. The Kier molecular flexibility index (Phi) is 9.17. The Morgan fingerprint density at radius 2 is 1.19 bits per heavy atom. The van der Waals surface area contributed by atoms with Crippen molar-refractivity contribution in [3.05, 3.63) is 89.5 Å². The molecule has 3 aromatic rings. The molecule has 0 unspecified atom stereocenters. The van der Waals surface area contributed by atoms with Gasteiger partial charge >= 0.3 is 17.9 Å². The first-order valence-corrected chi connectivity index (χ1v) is 13.4. The number of rotatable bonds is 7. The SMILES string of the molecule is COC(=O)c1ccccc1NS(=O)(=O)c1ccc(C(=O)O)cc1.O=C(O)c1ccc(S(=O)(=O)Cl)cc1. The van der Waals surface area contributed by atoms with E-state index in [1.54, 1.807) is 12.1 Å². The lowest BCUT2D eigenvalue weighted by atomic mass is 10.2. The summed E-state index contributed by atoms with van der Waals surface area (Å²) in [5.41, 5.74) is 0.130. The molecule has 0 saturated carbocycles. The van der Waals surface area contributed by atoms with Crippen LogP contribution in [0.3, 0.4) is 0 Å². The number of hydrogen-bond donors (Lipinski definition) is 3. The maximum atomic E-state index is 12.3. The molecule has 3 aromatic carbocycles. The maximum Gasteiger partial charge on any atom is 0.339 e. The molecule has 3 rings (SSSR count). The molecule has 0 atom stereocenters. The number of carboxylic acids is 2. The van der Waals surface area contributed by atoms with Crippen molar-refractivity contribution in [3.8, 4) is 0 Å². The van der Waals surface area contributed by atoms with E-state index in [0.29, 0.717) is 0 Å². The topological polar surface area (TPSA) is 181 Å². The number of esters is 1. The van der Waals surface area contributed by atoms with Gasteiger partial charge in [0.05, 0.1) is 39.3 Å². The fraction of sp³-hybridized carbons (Fsp3) is 0.0455. The summed E-state index contributed by atoms with van der Waals surface area (Å²) in [5.74, 6) is -2.94. The number of nitrogens with one attached hydrogen (secondary N) is 1.